The predicted octanol–water partition coefficient (Wildman–Crippen LogP) is -0.954. The van der Waals surface area contributed by atoms with Gasteiger partial charge >= 0.3 is 5.97 Å². The molecule has 6 heteroatoms. The molecule has 0 saturated carbocycles. The van der Waals surface area contributed by atoms with Gasteiger partial charge in [-0.05, 0) is 0 Å². The van der Waals surface area contributed by atoms with Crippen molar-refractivity contribution < 1.29 is 14.3 Å². The molecular weight excluding hydrogens is 184 g/mol. The molecule has 0 radical (unpaired) electrons. The van der Waals surface area contributed by atoms with E-state index < -0.39 is 0 Å². The largest absolute Gasteiger partial charge is 0.469 e. The van der Waals surface area contributed by atoms with Crippen molar-refractivity contribution in [3.8, 4) is 0 Å². The fraction of sp³-hybridized carbons (Fsp3) is 0.667. The van der Waals surface area contributed by atoms with Gasteiger partial charge in [0.15, 0.2) is 0 Å². The summed E-state index contributed by atoms with van der Waals surface area (Å²) >= 11 is 0. The smallest absolute Gasteiger partial charge is 0.307 e. The normalized spacial score (nSPS) is 8.17. The van der Waals surface area contributed by atoms with E-state index >= 15 is 0 Å². The first kappa shape index (κ1) is 13.8. The van der Waals surface area contributed by atoms with Crippen molar-refractivity contribution in [2.45, 2.75) is 6.42 Å². The van der Waals surface area contributed by atoms with Gasteiger partial charge in [0.25, 0.3) is 0 Å². The zero-order valence-electron chi connectivity index (χ0n) is 6.83. The monoisotopic (exact) mass is 196 g/mol. The van der Waals surface area contributed by atoms with Gasteiger partial charge in [-0.1, -0.05) is 0 Å². The van der Waals surface area contributed by atoms with Gasteiger partial charge in [-0.3, -0.25) is 9.59 Å². The molecule has 0 aliphatic carbocycles. The summed E-state index contributed by atoms with van der Waals surface area (Å²) in [6.45, 7) is 0.226. The number of hydrogen-bond acceptors (Lipinski definition) is 4. The van der Waals surface area contributed by atoms with Gasteiger partial charge in [-0.25, -0.2) is 0 Å². The lowest BCUT2D eigenvalue weighted by atomic mass is 10.4. The van der Waals surface area contributed by atoms with Gasteiger partial charge < -0.3 is 15.8 Å². The fourth-order valence-electron chi connectivity index (χ4n) is 0.478. The molecule has 0 aliphatic rings. The number of esters is 1. The first-order chi connectivity index (χ1) is 5.20. The van der Waals surface area contributed by atoms with Crippen molar-refractivity contribution in [3.05, 3.63) is 0 Å². The van der Waals surface area contributed by atoms with E-state index in [0.717, 1.165) is 0 Å². The zero-order chi connectivity index (χ0) is 8.69. The van der Waals surface area contributed by atoms with Gasteiger partial charge in [0.1, 0.15) is 0 Å². The summed E-state index contributed by atoms with van der Waals surface area (Å²) in [6, 6.07) is 0. The maximum absolute atomic E-state index is 10.5. The summed E-state index contributed by atoms with van der Waals surface area (Å²) in [5.74, 6) is -0.615. The van der Waals surface area contributed by atoms with E-state index in [1.165, 1.54) is 7.11 Å². The minimum absolute atomic E-state index is 0. The molecule has 3 N–H and O–H groups in total. The van der Waals surface area contributed by atoms with E-state index in [4.69, 9.17) is 5.73 Å². The molecule has 0 heterocycles. The topological polar surface area (TPSA) is 81.4 Å². The first-order valence-corrected chi connectivity index (χ1v) is 3.24. The highest BCUT2D eigenvalue weighted by atomic mass is 35.5. The van der Waals surface area contributed by atoms with Gasteiger partial charge in [-0.15, -0.1) is 12.4 Å². The molecule has 0 aliphatic heterocycles. The number of nitrogens with one attached hydrogen (secondary N) is 1. The Kier molecular flexibility index (Phi) is 9.50. The Bertz CT molecular complexity index is 136. The summed E-state index contributed by atoms with van der Waals surface area (Å²) in [5.41, 5.74) is 4.99. The third-order valence-corrected chi connectivity index (χ3v) is 1.06. The van der Waals surface area contributed by atoms with Crippen LogP contribution in [0.15, 0.2) is 0 Å². The fourth-order valence-corrected chi connectivity index (χ4v) is 0.478. The summed E-state index contributed by atoms with van der Waals surface area (Å²) in [5, 5.41) is 2.43. The van der Waals surface area contributed by atoms with Crippen molar-refractivity contribution >= 4 is 24.3 Å². The summed E-state index contributed by atoms with van der Waals surface area (Å²) in [6.07, 6.45) is 0.183. The van der Waals surface area contributed by atoms with Crippen LogP contribution in [0.4, 0.5) is 0 Å². The number of ether oxygens (including phenoxy) is 1. The molecule has 5 nitrogen and oxygen atoms in total. The Hall–Kier alpha value is -0.810. The van der Waals surface area contributed by atoms with Crippen molar-refractivity contribution in [2.24, 2.45) is 5.73 Å². The minimum atomic E-state index is -0.345. The predicted molar refractivity (Wildman–Crippen MR) is 45.9 cm³/mol. The highest BCUT2D eigenvalue weighted by Gasteiger charge is 2.00. The number of methoxy groups -OCH3 is 1. The van der Waals surface area contributed by atoms with Crippen LogP contribution in [0.2, 0.25) is 0 Å². The van der Waals surface area contributed by atoms with E-state index in [0.29, 0.717) is 0 Å². The maximum Gasteiger partial charge on any atom is 0.307 e. The van der Waals surface area contributed by atoms with Gasteiger partial charge in [0, 0.05) is 6.54 Å². The summed E-state index contributed by atoms with van der Waals surface area (Å²) in [4.78, 5) is 21.0. The van der Waals surface area contributed by atoms with Crippen LogP contribution in [-0.4, -0.2) is 32.1 Å². The summed E-state index contributed by atoms with van der Waals surface area (Å²) in [7, 11) is 1.30. The van der Waals surface area contributed by atoms with E-state index in [1.807, 2.05) is 0 Å². The zero-order valence-corrected chi connectivity index (χ0v) is 7.65. The van der Waals surface area contributed by atoms with Crippen LogP contribution in [0.25, 0.3) is 0 Å². The number of nitrogens with two attached hydrogens (primary N) is 1. The Labute approximate surface area is 77.0 Å². The van der Waals surface area contributed by atoms with Crippen molar-refractivity contribution in [3.63, 3.8) is 0 Å². The van der Waals surface area contributed by atoms with Gasteiger partial charge in [0.05, 0.1) is 20.1 Å². The van der Waals surface area contributed by atoms with Crippen LogP contribution in [0.1, 0.15) is 6.42 Å². The standard InChI is InChI=1S/C6H12N2O3.ClH/c1-11-6(10)2-3-8-5(9)4-7;/h2-4,7H2,1H3,(H,8,9);1H. The Morgan fingerprint density at radius 2 is 2.08 bits per heavy atom. The molecule has 0 unspecified atom stereocenters. The third kappa shape index (κ3) is 7.30. The second kappa shape index (κ2) is 8.29. The van der Waals surface area contributed by atoms with Crippen LogP contribution >= 0.6 is 12.4 Å². The molecule has 72 valence electrons. The molecule has 0 rings (SSSR count). The number of carbonyl (C=O) groups is 2. The quantitative estimate of drug-likeness (QED) is 0.568. The highest BCUT2D eigenvalue weighted by molar-refractivity contribution is 5.85. The first-order valence-electron chi connectivity index (χ1n) is 3.24. The van der Waals surface area contributed by atoms with Crippen molar-refractivity contribution in [1.29, 1.82) is 0 Å². The van der Waals surface area contributed by atoms with Crippen LogP contribution in [-0.2, 0) is 14.3 Å². The van der Waals surface area contributed by atoms with Gasteiger partial charge in [0.2, 0.25) is 5.91 Å². The Morgan fingerprint density at radius 1 is 1.50 bits per heavy atom. The molecule has 0 bridgehead atoms. The van der Waals surface area contributed by atoms with Crippen molar-refractivity contribution in [1.82, 2.24) is 5.32 Å². The summed E-state index contributed by atoms with van der Waals surface area (Å²) < 4.78 is 4.34. The maximum atomic E-state index is 10.5. The van der Waals surface area contributed by atoms with Crippen LogP contribution in [0.5, 0.6) is 0 Å². The van der Waals surface area contributed by atoms with Crippen LogP contribution in [0, 0.1) is 0 Å². The van der Waals surface area contributed by atoms with E-state index in [2.05, 4.69) is 10.1 Å². The average molecular weight is 197 g/mol. The lowest BCUT2D eigenvalue weighted by Gasteiger charge is -2.00. The van der Waals surface area contributed by atoms with Crippen LogP contribution in [0.3, 0.4) is 0 Å². The lowest BCUT2D eigenvalue weighted by molar-refractivity contribution is -0.140. The molecule has 0 aromatic heterocycles. The Morgan fingerprint density at radius 3 is 2.50 bits per heavy atom. The van der Waals surface area contributed by atoms with E-state index in [9.17, 15) is 9.59 Å². The molecule has 0 spiro atoms. The second-order valence-corrected chi connectivity index (χ2v) is 1.88. The molecule has 12 heavy (non-hydrogen) atoms. The number of amides is 1. The molecule has 0 saturated heterocycles. The lowest BCUT2D eigenvalue weighted by Crippen LogP contribution is -2.31. The van der Waals surface area contributed by atoms with Gasteiger partial charge in [-0.2, -0.15) is 0 Å². The van der Waals surface area contributed by atoms with Crippen LogP contribution < -0.4 is 11.1 Å². The average Bonchev–Trinajstić information content (AvgIpc) is 2.04. The third-order valence-electron chi connectivity index (χ3n) is 1.06. The molecule has 1 amide bonds. The van der Waals surface area contributed by atoms with Crippen molar-refractivity contribution in [2.75, 3.05) is 20.2 Å². The van der Waals surface area contributed by atoms with E-state index in [-0.39, 0.29) is 43.8 Å². The molecular formula is C6H13ClN2O3. The molecule has 0 fully saturated rings. The number of carbonyl (C=O) groups excluding carboxylic acids is 2. The molecule has 0 atom stereocenters. The Balaban J connectivity index is 0. The SMILES string of the molecule is COC(=O)CCNC(=O)CN.Cl. The molecule has 0 aromatic rings. The number of halogens is 1. The number of hydrogen-bond donors (Lipinski definition) is 2. The highest BCUT2D eigenvalue weighted by Crippen LogP contribution is 1.80. The van der Waals surface area contributed by atoms with E-state index in [1.54, 1.807) is 0 Å². The number of rotatable bonds is 4. The minimum Gasteiger partial charge on any atom is -0.469 e. The molecule has 0 aromatic carbocycles. The second-order valence-electron chi connectivity index (χ2n) is 1.88.